The zero-order valence-corrected chi connectivity index (χ0v) is 10.7. The molecule has 0 unspecified atom stereocenters. The van der Waals surface area contributed by atoms with Crippen LogP contribution in [0.4, 0.5) is 5.82 Å². The minimum atomic E-state index is 0.736. The molecule has 0 aliphatic heterocycles. The Morgan fingerprint density at radius 3 is 2.73 bits per heavy atom. The normalized spacial score (nSPS) is 10.6. The molecular weight excluding hydrogens is 303 g/mol. The monoisotopic (exact) mass is 314 g/mol. The van der Waals surface area contributed by atoms with E-state index in [4.69, 9.17) is 0 Å². The molecule has 15 heavy (non-hydrogen) atoms. The molecule has 1 heterocycles. The Bertz CT molecular complexity index is 517. The lowest BCUT2D eigenvalue weighted by molar-refractivity contribution is 0.112. The first kappa shape index (κ1) is 10.5. The Balaban J connectivity index is 2.86. The molecule has 4 heteroatoms. The fraction of sp³-hybridized carbons (Fsp3) is 0.182. The SMILES string of the molecule is CN(C)c1[nH]c2cccc(I)c2c1C=O. The van der Waals surface area contributed by atoms with Crippen molar-refractivity contribution in [2.75, 3.05) is 19.0 Å². The van der Waals surface area contributed by atoms with E-state index in [1.807, 2.05) is 37.2 Å². The number of carbonyl (C=O) groups excluding carboxylic acids is 1. The average Bonchev–Trinajstić information content (AvgIpc) is 2.57. The number of carbonyl (C=O) groups is 1. The quantitative estimate of drug-likeness (QED) is 0.683. The van der Waals surface area contributed by atoms with Gasteiger partial charge in [0.05, 0.1) is 5.56 Å². The van der Waals surface area contributed by atoms with E-state index in [2.05, 4.69) is 27.6 Å². The molecule has 2 aromatic rings. The van der Waals surface area contributed by atoms with E-state index in [0.717, 1.165) is 32.1 Å². The van der Waals surface area contributed by atoms with Crippen LogP contribution >= 0.6 is 22.6 Å². The van der Waals surface area contributed by atoms with Crippen LogP contribution in [0.2, 0.25) is 0 Å². The molecule has 0 fully saturated rings. The van der Waals surface area contributed by atoms with E-state index in [1.165, 1.54) is 0 Å². The molecule has 0 aliphatic rings. The maximum atomic E-state index is 11.1. The zero-order valence-electron chi connectivity index (χ0n) is 8.54. The lowest BCUT2D eigenvalue weighted by atomic mass is 10.2. The van der Waals surface area contributed by atoms with Gasteiger partial charge in [-0.05, 0) is 34.7 Å². The largest absolute Gasteiger partial charge is 0.364 e. The number of hydrogen-bond donors (Lipinski definition) is 1. The molecule has 1 N–H and O–H groups in total. The Hall–Kier alpha value is -1.04. The van der Waals surface area contributed by atoms with Gasteiger partial charge < -0.3 is 9.88 Å². The van der Waals surface area contributed by atoms with Crippen molar-refractivity contribution in [1.29, 1.82) is 0 Å². The van der Waals surface area contributed by atoms with Gasteiger partial charge in [-0.3, -0.25) is 4.79 Å². The van der Waals surface area contributed by atoms with Gasteiger partial charge in [0.25, 0.3) is 0 Å². The standard InChI is InChI=1S/C11H11IN2O/c1-14(2)11-7(6-15)10-8(12)4-3-5-9(10)13-11/h3-6,13H,1-2H3. The maximum absolute atomic E-state index is 11.1. The number of benzene rings is 1. The molecule has 3 nitrogen and oxygen atoms in total. The Morgan fingerprint density at radius 2 is 2.13 bits per heavy atom. The zero-order chi connectivity index (χ0) is 11.0. The van der Waals surface area contributed by atoms with Gasteiger partial charge in [0, 0.05) is 28.6 Å². The minimum Gasteiger partial charge on any atom is -0.364 e. The Labute approximate surface area is 102 Å². The van der Waals surface area contributed by atoms with E-state index < -0.39 is 0 Å². The van der Waals surface area contributed by atoms with Gasteiger partial charge in [0.15, 0.2) is 6.29 Å². The first-order chi connectivity index (χ1) is 7.15. The summed E-state index contributed by atoms with van der Waals surface area (Å²) in [6, 6.07) is 5.97. The van der Waals surface area contributed by atoms with Crippen LogP contribution in [0.25, 0.3) is 10.9 Å². The van der Waals surface area contributed by atoms with Crippen molar-refractivity contribution in [1.82, 2.24) is 4.98 Å². The minimum absolute atomic E-state index is 0.736. The van der Waals surface area contributed by atoms with E-state index in [1.54, 1.807) is 0 Å². The number of nitrogens with zero attached hydrogens (tertiary/aromatic N) is 1. The number of anilines is 1. The lowest BCUT2D eigenvalue weighted by Crippen LogP contribution is -2.10. The van der Waals surface area contributed by atoms with Crippen LogP contribution < -0.4 is 4.90 Å². The van der Waals surface area contributed by atoms with Gasteiger partial charge in [-0.25, -0.2) is 0 Å². The number of rotatable bonds is 2. The van der Waals surface area contributed by atoms with Crippen LogP contribution in [0.1, 0.15) is 10.4 Å². The van der Waals surface area contributed by atoms with Gasteiger partial charge in [-0.2, -0.15) is 0 Å². The van der Waals surface area contributed by atoms with Gasteiger partial charge in [0.1, 0.15) is 5.82 Å². The number of aldehydes is 1. The molecule has 1 aromatic heterocycles. The number of fused-ring (bicyclic) bond motifs is 1. The first-order valence-corrected chi connectivity index (χ1v) is 5.65. The van der Waals surface area contributed by atoms with Gasteiger partial charge in [0.2, 0.25) is 0 Å². The summed E-state index contributed by atoms with van der Waals surface area (Å²) >= 11 is 2.25. The van der Waals surface area contributed by atoms with Crippen molar-refractivity contribution in [3.05, 3.63) is 27.3 Å². The Morgan fingerprint density at radius 1 is 1.40 bits per heavy atom. The lowest BCUT2D eigenvalue weighted by Gasteiger charge is -2.09. The van der Waals surface area contributed by atoms with Crippen LogP contribution in [0, 0.1) is 3.57 Å². The summed E-state index contributed by atoms with van der Waals surface area (Å²) in [4.78, 5) is 16.3. The van der Waals surface area contributed by atoms with Crippen molar-refractivity contribution in [3.8, 4) is 0 Å². The summed E-state index contributed by atoms with van der Waals surface area (Å²) in [7, 11) is 3.84. The number of H-pyrrole nitrogens is 1. The summed E-state index contributed by atoms with van der Waals surface area (Å²) in [5.41, 5.74) is 1.74. The fourth-order valence-corrected chi connectivity index (χ4v) is 2.47. The highest BCUT2D eigenvalue weighted by molar-refractivity contribution is 14.1. The number of aromatic amines is 1. The molecular formula is C11H11IN2O. The highest BCUT2D eigenvalue weighted by Gasteiger charge is 2.13. The molecule has 78 valence electrons. The molecule has 0 radical (unpaired) electrons. The van der Waals surface area contributed by atoms with Crippen molar-refractivity contribution in [2.45, 2.75) is 0 Å². The summed E-state index contributed by atoms with van der Waals surface area (Å²) < 4.78 is 1.09. The molecule has 2 rings (SSSR count). The number of nitrogens with one attached hydrogen (secondary N) is 1. The van der Waals surface area contributed by atoms with Crippen molar-refractivity contribution >= 4 is 45.6 Å². The van der Waals surface area contributed by atoms with E-state index in [9.17, 15) is 4.79 Å². The van der Waals surface area contributed by atoms with Crippen LogP contribution in [0.5, 0.6) is 0 Å². The molecule has 0 saturated carbocycles. The smallest absolute Gasteiger partial charge is 0.154 e. The van der Waals surface area contributed by atoms with Crippen LogP contribution in [-0.4, -0.2) is 25.4 Å². The molecule has 0 aliphatic carbocycles. The van der Waals surface area contributed by atoms with E-state index in [0.29, 0.717) is 0 Å². The van der Waals surface area contributed by atoms with Gasteiger partial charge in [-0.15, -0.1) is 0 Å². The molecule has 0 atom stereocenters. The van der Waals surface area contributed by atoms with Crippen LogP contribution in [0.3, 0.4) is 0 Å². The molecule has 0 spiro atoms. The van der Waals surface area contributed by atoms with E-state index >= 15 is 0 Å². The topological polar surface area (TPSA) is 36.1 Å². The summed E-state index contributed by atoms with van der Waals surface area (Å²) in [5.74, 6) is 0.865. The third-order valence-corrected chi connectivity index (χ3v) is 3.26. The van der Waals surface area contributed by atoms with Crippen molar-refractivity contribution in [2.24, 2.45) is 0 Å². The fourth-order valence-electron chi connectivity index (χ4n) is 1.68. The number of halogens is 1. The second kappa shape index (κ2) is 3.84. The second-order valence-corrected chi connectivity index (χ2v) is 4.72. The summed E-state index contributed by atoms with van der Waals surface area (Å²) in [5, 5.41) is 1.01. The number of hydrogen-bond acceptors (Lipinski definition) is 2. The van der Waals surface area contributed by atoms with Gasteiger partial charge in [-0.1, -0.05) is 6.07 Å². The van der Waals surface area contributed by atoms with E-state index in [-0.39, 0.29) is 0 Å². The maximum Gasteiger partial charge on any atom is 0.154 e. The summed E-state index contributed by atoms with van der Waals surface area (Å²) in [6.45, 7) is 0. The van der Waals surface area contributed by atoms with Crippen molar-refractivity contribution in [3.63, 3.8) is 0 Å². The number of aromatic nitrogens is 1. The third-order valence-electron chi connectivity index (χ3n) is 2.36. The highest BCUT2D eigenvalue weighted by atomic mass is 127. The van der Waals surface area contributed by atoms with Gasteiger partial charge >= 0.3 is 0 Å². The first-order valence-electron chi connectivity index (χ1n) is 4.58. The molecule has 0 bridgehead atoms. The molecule has 0 saturated heterocycles. The average molecular weight is 314 g/mol. The third kappa shape index (κ3) is 1.62. The molecule has 1 aromatic carbocycles. The predicted molar refractivity (Wildman–Crippen MR) is 70.7 cm³/mol. The van der Waals surface area contributed by atoms with Crippen molar-refractivity contribution < 1.29 is 4.79 Å². The summed E-state index contributed by atoms with van der Waals surface area (Å²) in [6.07, 6.45) is 0.913. The Kier molecular flexibility index (Phi) is 2.68. The highest BCUT2D eigenvalue weighted by Crippen LogP contribution is 2.29. The second-order valence-electron chi connectivity index (χ2n) is 3.56. The molecule has 0 amide bonds. The predicted octanol–water partition coefficient (Wildman–Crippen LogP) is 2.65. The van der Waals surface area contributed by atoms with Crippen LogP contribution in [0.15, 0.2) is 18.2 Å². The van der Waals surface area contributed by atoms with Crippen LogP contribution in [-0.2, 0) is 0 Å².